The van der Waals surface area contributed by atoms with Gasteiger partial charge >= 0.3 is 5.97 Å². The fourth-order valence-corrected chi connectivity index (χ4v) is 4.58. The van der Waals surface area contributed by atoms with E-state index in [9.17, 15) is 18.0 Å². The molecule has 3 rings (SSSR count). The molecule has 7 heteroatoms. The van der Waals surface area contributed by atoms with Crippen LogP contribution >= 0.6 is 0 Å². The number of sulfonamides is 1. The van der Waals surface area contributed by atoms with E-state index in [1.54, 1.807) is 36.4 Å². The van der Waals surface area contributed by atoms with Crippen LogP contribution in [0.2, 0.25) is 0 Å². The number of hydrogen-bond acceptors (Lipinski definition) is 5. The number of rotatable bonds is 7. The van der Waals surface area contributed by atoms with Gasteiger partial charge in [0.25, 0.3) is 0 Å². The highest BCUT2D eigenvalue weighted by atomic mass is 32.2. The van der Waals surface area contributed by atoms with Gasteiger partial charge in [0.05, 0.1) is 18.4 Å². The molecule has 2 aromatic carbocycles. The molecular weight excluding hydrogens is 378 g/mol. The first kappa shape index (κ1) is 20.2. The number of Topliss-reactive ketones (excluding diaryl/α,β-unsaturated/α-hetero) is 1. The molecule has 1 unspecified atom stereocenters. The van der Waals surface area contributed by atoms with E-state index in [4.69, 9.17) is 0 Å². The van der Waals surface area contributed by atoms with Gasteiger partial charge in [-0.3, -0.25) is 9.59 Å². The molecule has 0 radical (unpaired) electrons. The Morgan fingerprint density at radius 1 is 1.04 bits per heavy atom. The maximum absolute atomic E-state index is 12.6. The van der Waals surface area contributed by atoms with Gasteiger partial charge in [-0.05, 0) is 49.1 Å². The van der Waals surface area contributed by atoms with Crippen molar-refractivity contribution in [1.82, 2.24) is 4.72 Å². The van der Waals surface area contributed by atoms with E-state index in [1.165, 1.54) is 7.11 Å². The molecule has 1 aliphatic rings. The molecule has 0 saturated heterocycles. The van der Waals surface area contributed by atoms with Crippen LogP contribution in [0.15, 0.2) is 47.4 Å². The smallest absolute Gasteiger partial charge is 0.305 e. The third-order valence-electron chi connectivity index (χ3n) is 4.90. The maximum Gasteiger partial charge on any atom is 0.305 e. The zero-order valence-electron chi connectivity index (χ0n) is 15.9. The van der Waals surface area contributed by atoms with Crippen molar-refractivity contribution in [3.63, 3.8) is 0 Å². The summed E-state index contributed by atoms with van der Waals surface area (Å²) in [5.74, 6) is -0.544. The molecule has 6 nitrogen and oxygen atoms in total. The number of methoxy groups -OCH3 is 1. The molecular formula is C21H23NO5S. The molecule has 148 valence electrons. The van der Waals surface area contributed by atoms with E-state index < -0.39 is 16.0 Å². The van der Waals surface area contributed by atoms with Crippen LogP contribution in [-0.2, 0) is 32.4 Å². The normalized spacial score (nSPS) is 15.9. The van der Waals surface area contributed by atoms with Crippen molar-refractivity contribution in [3.8, 4) is 0 Å². The number of benzene rings is 2. The molecule has 1 atom stereocenters. The van der Waals surface area contributed by atoms with Crippen molar-refractivity contribution in [3.05, 3.63) is 64.7 Å². The van der Waals surface area contributed by atoms with E-state index in [-0.39, 0.29) is 29.6 Å². The van der Waals surface area contributed by atoms with Crippen molar-refractivity contribution in [1.29, 1.82) is 0 Å². The second kappa shape index (κ2) is 8.24. The Balaban J connectivity index is 1.67. The standard InChI is InChI=1S/C21H23NO5S/c1-14-3-7-19(8-4-14)28(25,26)22-18-12-15-5-6-16(11-17(15)13-18)20(23)9-10-21(24)27-2/h3-8,11,18,22H,9-10,12-13H2,1-2H3. The molecule has 0 amide bonds. The topological polar surface area (TPSA) is 89.5 Å². The van der Waals surface area contributed by atoms with E-state index in [0.29, 0.717) is 18.4 Å². The minimum atomic E-state index is -3.59. The quantitative estimate of drug-likeness (QED) is 0.569. The zero-order chi connectivity index (χ0) is 20.3. The zero-order valence-corrected chi connectivity index (χ0v) is 16.7. The average Bonchev–Trinajstić information content (AvgIpc) is 3.06. The van der Waals surface area contributed by atoms with Crippen LogP contribution < -0.4 is 4.72 Å². The number of nitrogens with one attached hydrogen (secondary N) is 1. The Morgan fingerprint density at radius 2 is 1.71 bits per heavy atom. The van der Waals surface area contributed by atoms with Crippen LogP contribution in [0.1, 0.15) is 39.9 Å². The number of carbonyl (C=O) groups is 2. The van der Waals surface area contributed by atoms with E-state index >= 15 is 0 Å². The first-order valence-electron chi connectivity index (χ1n) is 9.09. The lowest BCUT2D eigenvalue weighted by molar-refractivity contribution is -0.140. The fraction of sp³-hybridized carbons (Fsp3) is 0.333. The summed E-state index contributed by atoms with van der Waals surface area (Å²) in [6, 6.07) is 11.9. The molecule has 28 heavy (non-hydrogen) atoms. The van der Waals surface area contributed by atoms with Gasteiger partial charge in [-0.25, -0.2) is 13.1 Å². The minimum absolute atomic E-state index is 0.0470. The summed E-state index contributed by atoms with van der Waals surface area (Å²) in [5.41, 5.74) is 3.52. The van der Waals surface area contributed by atoms with Crippen LogP contribution in [0.4, 0.5) is 0 Å². The average molecular weight is 401 g/mol. The van der Waals surface area contributed by atoms with E-state index in [1.807, 2.05) is 13.0 Å². The largest absolute Gasteiger partial charge is 0.469 e. The van der Waals surface area contributed by atoms with Gasteiger partial charge in [0.2, 0.25) is 10.0 Å². The summed E-state index contributed by atoms with van der Waals surface area (Å²) in [6.07, 6.45) is 1.25. The summed E-state index contributed by atoms with van der Waals surface area (Å²) in [5, 5.41) is 0. The number of carbonyl (C=O) groups excluding carboxylic acids is 2. The Bertz CT molecular complexity index is 996. The van der Waals surface area contributed by atoms with E-state index in [0.717, 1.165) is 16.7 Å². The minimum Gasteiger partial charge on any atom is -0.469 e. The molecule has 1 aliphatic carbocycles. The fourth-order valence-electron chi connectivity index (χ4n) is 3.34. The van der Waals surface area contributed by atoms with Gasteiger partial charge in [-0.2, -0.15) is 0 Å². The molecule has 0 heterocycles. The van der Waals surface area contributed by atoms with Crippen molar-refractivity contribution >= 4 is 21.8 Å². The number of fused-ring (bicyclic) bond motifs is 1. The molecule has 0 saturated carbocycles. The van der Waals surface area contributed by atoms with Crippen LogP contribution in [0.25, 0.3) is 0 Å². The number of hydrogen-bond donors (Lipinski definition) is 1. The number of ether oxygens (including phenoxy) is 1. The van der Waals surface area contributed by atoms with Crippen LogP contribution in [0.3, 0.4) is 0 Å². The van der Waals surface area contributed by atoms with Crippen LogP contribution in [0.5, 0.6) is 0 Å². The second-order valence-corrected chi connectivity index (χ2v) is 8.74. The van der Waals surface area contributed by atoms with Gasteiger partial charge in [-0.1, -0.05) is 29.8 Å². The maximum atomic E-state index is 12.6. The van der Waals surface area contributed by atoms with Crippen LogP contribution in [0, 0.1) is 6.92 Å². The Labute approximate surface area is 165 Å². The predicted octanol–water partition coefficient (Wildman–Crippen LogP) is 2.58. The number of esters is 1. The summed E-state index contributed by atoms with van der Waals surface area (Å²) >= 11 is 0. The Morgan fingerprint density at radius 3 is 2.39 bits per heavy atom. The van der Waals surface area contributed by atoms with Gasteiger partial charge < -0.3 is 4.74 Å². The summed E-state index contributed by atoms with van der Waals surface area (Å²) in [4.78, 5) is 23.7. The first-order chi connectivity index (χ1) is 13.3. The third-order valence-corrected chi connectivity index (χ3v) is 6.43. The molecule has 0 spiro atoms. The lowest BCUT2D eigenvalue weighted by Gasteiger charge is -2.12. The van der Waals surface area contributed by atoms with E-state index in [2.05, 4.69) is 9.46 Å². The van der Waals surface area contributed by atoms with Gasteiger partial charge in [0.15, 0.2) is 5.78 Å². The second-order valence-electron chi connectivity index (χ2n) is 7.02. The Hall–Kier alpha value is -2.51. The molecule has 2 aromatic rings. The third kappa shape index (κ3) is 4.66. The van der Waals surface area contributed by atoms with Gasteiger partial charge in [0, 0.05) is 18.0 Å². The van der Waals surface area contributed by atoms with Crippen LogP contribution in [-0.4, -0.2) is 33.3 Å². The highest BCUT2D eigenvalue weighted by Gasteiger charge is 2.27. The molecule has 0 fully saturated rings. The first-order valence-corrected chi connectivity index (χ1v) is 10.6. The van der Waals surface area contributed by atoms with Crippen molar-refractivity contribution in [2.75, 3.05) is 7.11 Å². The summed E-state index contributed by atoms with van der Waals surface area (Å²) < 4.78 is 32.5. The highest BCUT2D eigenvalue weighted by Crippen LogP contribution is 2.25. The lowest BCUT2D eigenvalue weighted by Crippen LogP contribution is -2.35. The highest BCUT2D eigenvalue weighted by molar-refractivity contribution is 7.89. The van der Waals surface area contributed by atoms with Gasteiger partial charge in [0.1, 0.15) is 0 Å². The molecule has 0 aliphatic heterocycles. The molecule has 1 N–H and O–H groups in total. The van der Waals surface area contributed by atoms with Crippen molar-refractivity contribution in [2.24, 2.45) is 0 Å². The SMILES string of the molecule is COC(=O)CCC(=O)c1ccc2c(c1)CC(NS(=O)(=O)c1ccc(C)cc1)C2. The number of aryl methyl sites for hydroxylation is 1. The Kier molecular flexibility index (Phi) is 5.96. The lowest BCUT2D eigenvalue weighted by atomic mass is 10.0. The molecule has 0 aromatic heterocycles. The summed E-state index contributed by atoms with van der Waals surface area (Å²) in [6.45, 7) is 1.90. The summed E-state index contributed by atoms with van der Waals surface area (Å²) in [7, 11) is -2.30. The predicted molar refractivity (Wildman–Crippen MR) is 105 cm³/mol. The number of ketones is 1. The van der Waals surface area contributed by atoms with Crippen molar-refractivity contribution in [2.45, 2.75) is 43.5 Å². The molecule has 0 bridgehead atoms. The van der Waals surface area contributed by atoms with Gasteiger partial charge in [-0.15, -0.1) is 0 Å². The monoisotopic (exact) mass is 401 g/mol. The van der Waals surface area contributed by atoms with Crippen molar-refractivity contribution < 1.29 is 22.7 Å².